The third-order valence-electron chi connectivity index (χ3n) is 1.39. The molecule has 12 heavy (non-hydrogen) atoms. The summed E-state index contributed by atoms with van der Waals surface area (Å²) in [4.78, 5) is 10.9. The van der Waals surface area contributed by atoms with Crippen molar-refractivity contribution in [3.8, 4) is 0 Å². The third-order valence-corrected chi connectivity index (χ3v) is 2.83. The molecule has 72 valence electrons. The molecule has 0 saturated carbocycles. The highest BCUT2D eigenvalue weighted by molar-refractivity contribution is 6.70. The van der Waals surface area contributed by atoms with Gasteiger partial charge in [0.15, 0.2) is 0 Å². The molecule has 0 amide bonds. The molecule has 4 heteroatoms. The predicted molar refractivity (Wildman–Crippen MR) is 49.3 cm³/mol. The second kappa shape index (κ2) is 5.30. The predicted octanol–water partition coefficient (Wildman–Crippen LogP) is 2.50. The first kappa shape index (κ1) is 11.6. The molecule has 0 bridgehead atoms. The van der Waals surface area contributed by atoms with Crippen LogP contribution in [-0.4, -0.2) is 21.0 Å². The molecule has 0 atom stereocenters. The van der Waals surface area contributed by atoms with E-state index in [9.17, 15) is 8.90 Å². The summed E-state index contributed by atoms with van der Waals surface area (Å²) in [7, 11) is -2.56. The molecule has 0 aliphatic carbocycles. The SMILES string of the molecule is CCCOC(=O)CC[Si](C)(C)F. The Kier molecular flexibility index (Phi) is 5.13. The van der Waals surface area contributed by atoms with Crippen molar-refractivity contribution >= 4 is 14.4 Å². The van der Waals surface area contributed by atoms with Gasteiger partial charge < -0.3 is 8.84 Å². The van der Waals surface area contributed by atoms with E-state index in [1.54, 1.807) is 13.1 Å². The summed E-state index contributed by atoms with van der Waals surface area (Å²) < 4.78 is 17.8. The summed E-state index contributed by atoms with van der Waals surface area (Å²) in [6.07, 6.45) is 1.05. The van der Waals surface area contributed by atoms with E-state index in [0.717, 1.165) is 6.42 Å². The fourth-order valence-electron chi connectivity index (χ4n) is 0.687. The minimum Gasteiger partial charge on any atom is -0.466 e. The van der Waals surface area contributed by atoms with Crippen LogP contribution in [0.1, 0.15) is 19.8 Å². The number of ether oxygens (including phenoxy) is 1. The summed E-state index contributed by atoms with van der Waals surface area (Å²) in [5.74, 6) is -0.268. The monoisotopic (exact) mass is 192 g/mol. The van der Waals surface area contributed by atoms with Gasteiger partial charge in [0.05, 0.1) is 6.61 Å². The minimum absolute atomic E-state index is 0.232. The zero-order valence-corrected chi connectivity index (χ0v) is 9.02. The first-order valence-corrected chi connectivity index (χ1v) is 7.39. The zero-order chi connectivity index (χ0) is 9.61. The number of halogens is 1. The van der Waals surface area contributed by atoms with Gasteiger partial charge in [-0.25, -0.2) is 0 Å². The number of hydrogen-bond acceptors (Lipinski definition) is 2. The molecule has 0 heterocycles. The molecule has 2 nitrogen and oxygen atoms in total. The lowest BCUT2D eigenvalue weighted by atomic mass is 10.5. The molecule has 0 saturated heterocycles. The summed E-state index contributed by atoms with van der Waals surface area (Å²) in [6.45, 7) is 5.58. The summed E-state index contributed by atoms with van der Waals surface area (Å²) in [5, 5.41) is 0. The molecular weight excluding hydrogens is 175 g/mol. The molecule has 0 spiro atoms. The average Bonchev–Trinajstić information content (AvgIpc) is 1.95. The third kappa shape index (κ3) is 7.72. The molecule has 0 aliphatic heterocycles. The summed E-state index contributed by atoms with van der Waals surface area (Å²) in [5.41, 5.74) is 0. The second-order valence-electron chi connectivity index (χ2n) is 3.44. The van der Waals surface area contributed by atoms with Gasteiger partial charge in [-0.05, 0) is 25.6 Å². The average molecular weight is 192 g/mol. The van der Waals surface area contributed by atoms with E-state index < -0.39 is 8.41 Å². The number of rotatable bonds is 5. The van der Waals surface area contributed by atoms with Crippen molar-refractivity contribution in [3.05, 3.63) is 0 Å². The van der Waals surface area contributed by atoms with Crippen LogP contribution in [0.3, 0.4) is 0 Å². The van der Waals surface area contributed by atoms with Crippen LogP contribution in [0.5, 0.6) is 0 Å². The Morgan fingerprint density at radius 1 is 1.50 bits per heavy atom. The van der Waals surface area contributed by atoms with Gasteiger partial charge in [0, 0.05) is 6.42 Å². The Bertz CT molecular complexity index is 142. The largest absolute Gasteiger partial charge is 0.466 e. The van der Waals surface area contributed by atoms with Crippen LogP contribution in [0.25, 0.3) is 0 Å². The van der Waals surface area contributed by atoms with Gasteiger partial charge >= 0.3 is 5.97 Å². The van der Waals surface area contributed by atoms with Gasteiger partial charge in [0.1, 0.15) is 0 Å². The molecule has 0 rings (SSSR count). The van der Waals surface area contributed by atoms with Crippen LogP contribution >= 0.6 is 0 Å². The Morgan fingerprint density at radius 3 is 2.50 bits per heavy atom. The molecule has 0 aromatic carbocycles. The van der Waals surface area contributed by atoms with Gasteiger partial charge in [0.2, 0.25) is 8.41 Å². The van der Waals surface area contributed by atoms with Crippen LogP contribution in [0.2, 0.25) is 19.1 Å². The smallest absolute Gasteiger partial charge is 0.305 e. The highest BCUT2D eigenvalue weighted by atomic mass is 28.4. The highest BCUT2D eigenvalue weighted by Crippen LogP contribution is 2.13. The van der Waals surface area contributed by atoms with E-state index in [0.29, 0.717) is 12.7 Å². The Balaban J connectivity index is 3.44. The van der Waals surface area contributed by atoms with E-state index in [-0.39, 0.29) is 12.4 Å². The molecular formula is C8H17FO2Si. The van der Waals surface area contributed by atoms with Gasteiger partial charge in [-0.2, -0.15) is 0 Å². The quantitative estimate of drug-likeness (QED) is 0.380. The van der Waals surface area contributed by atoms with Crippen molar-refractivity contribution in [2.24, 2.45) is 0 Å². The molecule has 0 fully saturated rings. The van der Waals surface area contributed by atoms with E-state index >= 15 is 0 Å². The van der Waals surface area contributed by atoms with Crippen LogP contribution < -0.4 is 0 Å². The van der Waals surface area contributed by atoms with Gasteiger partial charge in [-0.3, -0.25) is 4.79 Å². The molecule has 0 radical (unpaired) electrons. The van der Waals surface area contributed by atoms with Crippen molar-refractivity contribution < 1.29 is 13.6 Å². The maximum absolute atomic E-state index is 13.0. The number of carbonyl (C=O) groups excluding carboxylic acids is 1. The maximum Gasteiger partial charge on any atom is 0.305 e. The minimum atomic E-state index is -2.56. The van der Waals surface area contributed by atoms with Crippen LogP contribution in [0.4, 0.5) is 4.11 Å². The first-order valence-electron chi connectivity index (χ1n) is 4.30. The van der Waals surface area contributed by atoms with Crippen LogP contribution in [-0.2, 0) is 9.53 Å². The molecule has 0 unspecified atom stereocenters. The van der Waals surface area contributed by atoms with Crippen molar-refractivity contribution in [3.63, 3.8) is 0 Å². The maximum atomic E-state index is 13.0. The van der Waals surface area contributed by atoms with E-state index in [1.807, 2.05) is 6.92 Å². The van der Waals surface area contributed by atoms with Crippen LogP contribution in [0, 0.1) is 0 Å². The fraction of sp³-hybridized carbons (Fsp3) is 0.875. The van der Waals surface area contributed by atoms with E-state index in [4.69, 9.17) is 4.74 Å². The van der Waals surface area contributed by atoms with Gasteiger partial charge in [0.25, 0.3) is 0 Å². The van der Waals surface area contributed by atoms with Crippen molar-refractivity contribution in [1.29, 1.82) is 0 Å². The number of carbonyl (C=O) groups is 1. The number of hydrogen-bond donors (Lipinski definition) is 0. The van der Waals surface area contributed by atoms with E-state index in [1.165, 1.54) is 0 Å². The summed E-state index contributed by atoms with van der Waals surface area (Å²) in [6, 6.07) is 0.371. The van der Waals surface area contributed by atoms with Crippen molar-refractivity contribution in [1.82, 2.24) is 0 Å². The Labute approximate surface area is 74.3 Å². The lowest BCUT2D eigenvalue weighted by molar-refractivity contribution is -0.143. The molecule has 0 aromatic rings. The standard InChI is InChI=1S/C8H17FO2Si/c1-4-6-11-8(10)5-7-12(2,3)9/h4-7H2,1-3H3. The van der Waals surface area contributed by atoms with Gasteiger partial charge in [-0.1, -0.05) is 6.92 Å². The molecule has 0 aliphatic rings. The Morgan fingerprint density at radius 2 is 2.08 bits per heavy atom. The van der Waals surface area contributed by atoms with E-state index in [2.05, 4.69) is 0 Å². The topological polar surface area (TPSA) is 26.3 Å². The van der Waals surface area contributed by atoms with Crippen molar-refractivity contribution in [2.45, 2.75) is 38.9 Å². The van der Waals surface area contributed by atoms with Gasteiger partial charge in [-0.15, -0.1) is 0 Å². The lowest BCUT2D eigenvalue weighted by Gasteiger charge is -2.09. The number of esters is 1. The molecule has 0 aromatic heterocycles. The van der Waals surface area contributed by atoms with Crippen molar-refractivity contribution in [2.75, 3.05) is 6.61 Å². The summed E-state index contributed by atoms with van der Waals surface area (Å²) >= 11 is 0. The zero-order valence-electron chi connectivity index (χ0n) is 8.02. The normalized spacial score (nSPS) is 11.3. The van der Waals surface area contributed by atoms with Crippen LogP contribution in [0.15, 0.2) is 0 Å². The molecule has 0 N–H and O–H groups in total. The lowest BCUT2D eigenvalue weighted by Crippen LogP contribution is -2.20. The highest BCUT2D eigenvalue weighted by Gasteiger charge is 2.21. The first-order chi connectivity index (χ1) is 5.45. The Hall–Kier alpha value is -0.383. The fourth-order valence-corrected chi connectivity index (χ4v) is 1.49. The second-order valence-corrected chi connectivity index (χ2v) is 7.38.